The first-order valence-corrected chi connectivity index (χ1v) is 20.9. The molecule has 256 valence electrons. The highest BCUT2D eigenvalue weighted by atomic mass is 31.2. The minimum atomic E-state index is -0.695. The molecule has 3 aliphatic rings. The first-order chi connectivity index (χ1) is 20.5. The van der Waals surface area contributed by atoms with Crippen molar-refractivity contribution >= 4 is 23.6 Å². The molecule has 0 spiro atoms. The van der Waals surface area contributed by atoms with Crippen LogP contribution in [0, 0.1) is 5.92 Å². The predicted octanol–water partition coefficient (Wildman–Crippen LogP) is 10.3. The zero-order valence-electron chi connectivity index (χ0n) is 31.9. The van der Waals surface area contributed by atoms with Gasteiger partial charge < -0.3 is 9.25 Å². The molecule has 3 aliphatic heterocycles. The standard InChI is InChI=1S/C35H73BN6P2/c1-25(2)39(26(3)4)43(40(27(5)6)28(7)8)37-23-24-38(36-34-21-17-19-33(35(36)37)20-18-22-34)44(41(29(9)10)30(11)12)42(31(13)14)32(15)16/h23-35H,17-22H2,1-16H3. The Balaban J connectivity index is 2.35. The quantitative estimate of drug-likeness (QED) is 0.137. The van der Waals surface area contributed by atoms with Gasteiger partial charge in [0.2, 0.25) is 0 Å². The molecule has 0 saturated carbocycles. The Morgan fingerprint density at radius 2 is 0.841 bits per heavy atom. The van der Waals surface area contributed by atoms with E-state index in [0.717, 1.165) is 11.7 Å². The third kappa shape index (κ3) is 8.21. The average molecular weight is 651 g/mol. The van der Waals surface area contributed by atoms with Crippen LogP contribution in [0.15, 0.2) is 12.4 Å². The van der Waals surface area contributed by atoms with E-state index in [2.05, 4.69) is 151 Å². The van der Waals surface area contributed by atoms with Gasteiger partial charge in [0.15, 0.2) is 0 Å². The van der Waals surface area contributed by atoms with Gasteiger partial charge in [-0.2, -0.15) is 0 Å². The van der Waals surface area contributed by atoms with Crippen molar-refractivity contribution in [3.8, 4) is 0 Å². The topological polar surface area (TPSA) is 19.4 Å². The molecule has 0 aromatic carbocycles. The molecule has 1 atom stereocenters. The predicted molar refractivity (Wildman–Crippen MR) is 200 cm³/mol. The maximum atomic E-state index is 2.99. The molecule has 0 aliphatic carbocycles. The van der Waals surface area contributed by atoms with Crippen molar-refractivity contribution in [2.45, 2.75) is 209 Å². The number of hydrogen-bond donors (Lipinski definition) is 0. The Morgan fingerprint density at radius 3 is 1.18 bits per heavy atom. The Labute approximate surface area is 278 Å². The summed E-state index contributed by atoms with van der Waals surface area (Å²) in [6, 6.07) is 3.91. The lowest BCUT2D eigenvalue weighted by molar-refractivity contribution is 0.213. The molecule has 0 amide bonds. The summed E-state index contributed by atoms with van der Waals surface area (Å²) in [6.45, 7) is 39.5. The Hall–Kier alpha value is 0.105. The van der Waals surface area contributed by atoms with Crippen LogP contribution in [-0.2, 0) is 0 Å². The third-order valence-electron chi connectivity index (χ3n) is 10.1. The molecule has 6 nitrogen and oxygen atoms in total. The molecule has 2 saturated heterocycles. The molecule has 0 aromatic heterocycles. The molecule has 9 heteroatoms. The van der Waals surface area contributed by atoms with Gasteiger partial charge in [0.1, 0.15) is 16.7 Å². The van der Waals surface area contributed by atoms with Crippen LogP contribution in [0.3, 0.4) is 0 Å². The Morgan fingerprint density at radius 1 is 0.500 bits per heavy atom. The maximum Gasteiger partial charge on any atom is 0.287 e. The molecule has 0 N–H and O–H groups in total. The van der Waals surface area contributed by atoms with Crippen molar-refractivity contribution < 1.29 is 0 Å². The molecule has 1 unspecified atom stereocenters. The van der Waals surface area contributed by atoms with Gasteiger partial charge in [0.05, 0.1) is 0 Å². The lowest BCUT2D eigenvalue weighted by atomic mass is 9.43. The molecular formula is C35H73BN6P2. The third-order valence-corrected chi connectivity index (χ3v) is 17.0. The summed E-state index contributed by atoms with van der Waals surface area (Å²) in [5, 5.41) is 0. The van der Waals surface area contributed by atoms with E-state index >= 15 is 0 Å². The second-order valence-corrected chi connectivity index (χ2v) is 20.1. The van der Waals surface area contributed by atoms with Gasteiger partial charge in [-0.25, -0.2) is 18.7 Å². The van der Waals surface area contributed by atoms with E-state index in [4.69, 9.17) is 0 Å². The first kappa shape index (κ1) is 38.6. The monoisotopic (exact) mass is 651 g/mol. The fourth-order valence-electron chi connectivity index (χ4n) is 9.01. The maximum absolute atomic E-state index is 2.99. The summed E-state index contributed by atoms with van der Waals surface area (Å²) in [4.78, 5) is 0. The SMILES string of the molecule is CC(C)N(C(C)C)P(N1C=CN(P(N(C(C)C)C(C)C)N(C(C)C)C(C)C)C2B1C1CCCC2CCC1)N(C(C)C)C(C)C. The molecule has 2 fully saturated rings. The van der Waals surface area contributed by atoms with Crippen LogP contribution in [0.5, 0.6) is 0 Å². The molecule has 0 radical (unpaired) electrons. The summed E-state index contributed by atoms with van der Waals surface area (Å²) in [6.07, 6.45) is 13.6. The molecule has 44 heavy (non-hydrogen) atoms. The van der Waals surface area contributed by atoms with Crippen LogP contribution >= 0.6 is 16.7 Å². The average Bonchev–Trinajstić information content (AvgIpc) is 3.15. The molecule has 3 heterocycles. The van der Waals surface area contributed by atoms with Crippen LogP contribution < -0.4 is 0 Å². The largest absolute Gasteiger partial charge is 0.373 e. The van der Waals surface area contributed by atoms with Gasteiger partial charge in [-0.15, -0.1) is 0 Å². The van der Waals surface area contributed by atoms with Crippen molar-refractivity contribution in [1.29, 1.82) is 0 Å². The van der Waals surface area contributed by atoms with E-state index < -0.39 is 16.7 Å². The normalized spacial score (nSPS) is 23.5. The van der Waals surface area contributed by atoms with Crippen molar-refractivity contribution in [3.05, 3.63) is 12.4 Å². The number of nitrogens with zero attached hydrogens (tertiary/aromatic N) is 6. The van der Waals surface area contributed by atoms with Gasteiger partial charge in [-0.1, -0.05) is 25.7 Å². The van der Waals surface area contributed by atoms with Crippen LogP contribution in [0.2, 0.25) is 5.82 Å². The van der Waals surface area contributed by atoms with E-state index in [1.807, 2.05) is 0 Å². The van der Waals surface area contributed by atoms with Gasteiger partial charge in [-0.05, 0) is 135 Å². The van der Waals surface area contributed by atoms with Gasteiger partial charge in [-0.3, -0.25) is 0 Å². The molecule has 3 rings (SSSR count). The number of rotatable bonds is 14. The van der Waals surface area contributed by atoms with E-state index in [1.54, 1.807) is 0 Å². The summed E-state index contributed by atoms with van der Waals surface area (Å²) >= 11 is 0. The summed E-state index contributed by atoms with van der Waals surface area (Å²) in [7, 11) is -1.39. The van der Waals surface area contributed by atoms with Crippen LogP contribution in [0.4, 0.5) is 0 Å². The number of hydrogen-bond acceptors (Lipinski definition) is 6. The Kier molecular flexibility index (Phi) is 14.4. The fraction of sp³-hybridized carbons (Fsp3) is 0.943. The highest BCUT2D eigenvalue weighted by Crippen LogP contribution is 2.63. The molecule has 2 bridgehead atoms. The summed E-state index contributed by atoms with van der Waals surface area (Å²) < 4.78 is 17.5. The Bertz CT molecular complexity index is 746. The minimum absolute atomic E-state index is 0.489. The summed E-state index contributed by atoms with van der Waals surface area (Å²) in [5.41, 5.74) is 0. The van der Waals surface area contributed by atoms with Crippen molar-refractivity contribution in [2.75, 3.05) is 0 Å². The van der Waals surface area contributed by atoms with Gasteiger partial charge in [0, 0.05) is 66.7 Å². The summed E-state index contributed by atoms with van der Waals surface area (Å²) in [5.74, 6) is 2.05. The lowest BCUT2D eigenvalue weighted by Crippen LogP contribution is -2.62. The second-order valence-electron chi connectivity index (χ2n) is 16.2. The smallest absolute Gasteiger partial charge is 0.287 e. The van der Waals surface area contributed by atoms with Gasteiger partial charge >= 0.3 is 0 Å². The zero-order chi connectivity index (χ0) is 33.2. The van der Waals surface area contributed by atoms with Crippen molar-refractivity contribution in [3.63, 3.8) is 0 Å². The first-order valence-electron chi connectivity index (χ1n) is 18.5. The van der Waals surface area contributed by atoms with E-state index in [9.17, 15) is 0 Å². The fourth-order valence-corrected chi connectivity index (χ4v) is 15.2. The van der Waals surface area contributed by atoms with Crippen LogP contribution in [0.25, 0.3) is 0 Å². The van der Waals surface area contributed by atoms with Crippen LogP contribution in [-0.4, -0.2) is 89.1 Å². The van der Waals surface area contributed by atoms with E-state index in [0.29, 0.717) is 61.1 Å². The van der Waals surface area contributed by atoms with Crippen LogP contribution in [0.1, 0.15) is 149 Å². The van der Waals surface area contributed by atoms with Crippen molar-refractivity contribution in [1.82, 2.24) is 27.9 Å². The van der Waals surface area contributed by atoms with E-state index in [1.165, 1.54) is 38.5 Å². The van der Waals surface area contributed by atoms with Gasteiger partial charge in [0.25, 0.3) is 6.85 Å². The van der Waals surface area contributed by atoms with E-state index in [-0.39, 0.29) is 0 Å². The highest BCUT2D eigenvalue weighted by Gasteiger charge is 2.56. The van der Waals surface area contributed by atoms with Crippen molar-refractivity contribution in [2.24, 2.45) is 5.92 Å². The lowest BCUT2D eigenvalue weighted by Gasteiger charge is -2.59. The highest BCUT2D eigenvalue weighted by molar-refractivity contribution is 7.53. The minimum Gasteiger partial charge on any atom is -0.373 e. The second kappa shape index (κ2) is 16.5. The zero-order valence-corrected chi connectivity index (χ0v) is 33.7. The molecule has 0 aromatic rings. The molecular weight excluding hydrogens is 577 g/mol.